The van der Waals surface area contributed by atoms with Gasteiger partial charge in [-0.3, -0.25) is 4.55 Å². The van der Waals surface area contributed by atoms with E-state index in [1.807, 2.05) is 0 Å². The molecule has 1 aromatic carbocycles. The number of aliphatic hydroxyl groups excluding tert-OH is 1. The fourth-order valence-electron chi connectivity index (χ4n) is 1.14. The van der Waals surface area contributed by atoms with Gasteiger partial charge in [0.2, 0.25) is 0 Å². The highest BCUT2D eigenvalue weighted by Crippen LogP contribution is 2.25. The van der Waals surface area contributed by atoms with E-state index in [9.17, 15) is 18.6 Å². The Morgan fingerprint density at radius 2 is 2.06 bits per heavy atom. The molecular formula is C9H12ClNO5S. The van der Waals surface area contributed by atoms with Crippen LogP contribution < -0.4 is 5.32 Å². The summed E-state index contributed by atoms with van der Waals surface area (Å²) in [5.41, 5.74) is 0.402. The lowest BCUT2D eigenvalue weighted by atomic mass is 10.3. The van der Waals surface area contributed by atoms with Gasteiger partial charge in [0.05, 0.1) is 12.0 Å². The van der Waals surface area contributed by atoms with Crippen molar-refractivity contribution >= 4 is 27.4 Å². The number of alkyl halides is 1. The van der Waals surface area contributed by atoms with E-state index in [0.717, 1.165) is 12.1 Å². The number of halogens is 1. The first-order valence-corrected chi connectivity index (χ1v) is 6.60. The Morgan fingerprint density at radius 1 is 1.41 bits per heavy atom. The zero-order valence-corrected chi connectivity index (χ0v) is 10.2. The van der Waals surface area contributed by atoms with E-state index < -0.39 is 26.9 Å². The molecule has 1 unspecified atom stereocenters. The Hall–Kier alpha value is -1.02. The van der Waals surface area contributed by atoms with Gasteiger partial charge in [0.15, 0.2) is 0 Å². The van der Waals surface area contributed by atoms with Crippen molar-refractivity contribution in [3.63, 3.8) is 0 Å². The predicted molar refractivity (Wildman–Crippen MR) is 63.1 cm³/mol. The molecule has 0 bridgehead atoms. The zero-order chi connectivity index (χ0) is 13.1. The van der Waals surface area contributed by atoms with Crippen LogP contribution in [0.15, 0.2) is 23.1 Å². The van der Waals surface area contributed by atoms with E-state index in [1.54, 1.807) is 0 Å². The number of hydrogen-bond donors (Lipinski definition) is 4. The van der Waals surface area contributed by atoms with Gasteiger partial charge in [-0.1, -0.05) is 0 Å². The third-order valence-corrected chi connectivity index (χ3v) is 3.21. The molecule has 8 heteroatoms. The molecule has 0 fully saturated rings. The van der Waals surface area contributed by atoms with E-state index in [2.05, 4.69) is 5.32 Å². The molecule has 6 nitrogen and oxygen atoms in total. The van der Waals surface area contributed by atoms with Crippen molar-refractivity contribution in [2.75, 3.05) is 17.7 Å². The normalized spacial score (nSPS) is 13.4. The lowest BCUT2D eigenvalue weighted by Crippen LogP contribution is -2.20. The van der Waals surface area contributed by atoms with Crippen molar-refractivity contribution in [3.05, 3.63) is 18.2 Å². The smallest absolute Gasteiger partial charge is 0.298 e. The summed E-state index contributed by atoms with van der Waals surface area (Å²) in [6.07, 6.45) is -0.750. The van der Waals surface area contributed by atoms with E-state index in [4.69, 9.17) is 16.2 Å². The number of nitrogens with one attached hydrogen (secondary N) is 1. The number of phenols is 1. The highest BCUT2D eigenvalue weighted by Gasteiger charge is 2.15. The van der Waals surface area contributed by atoms with Crippen LogP contribution in [0, 0.1) is 0 Å². The monoisotopic (exact) mass is 281 g/mol. The summed E-state index contributed by atoms with van der Waals surface area (Å²) in [6, 6.07) is 3.54. The minimum absolute atomic E-state index is 0.0576. The molecular weight excluding hydrogens is 270 g/mol. The molecule has 1 aromatic rings. The predicted octanol–water partition coefficient (Wildman–Crippen LogP) is 0.650. The quantitative estimate of drug-likeness (QED) is 0.466. The van der Waals surface area contributed by atoms with Crippen molar-refractivity contribution < 1.29 is 23.2 Å². The molecule has 1 rings (SSSR count). The van der Waals surface area contributed by atoms with Crippen molar-refractivity contribution in [1.29, 1.82) is 0 Å². The van der Waals surface area contributed by atoms with Gasteiger partial charge in [0.25, 0.3) is 10.1 Å². The molecule has 0 radical (unpaired) electrons. The Labute approximate surface area is 104 Å². The molecule has 0 heterocycles. The van der Waals surface area contributed by atoms with Crippen LogP contribution in [0.2, 0.25) is 0 Å². The fraction of sp³-hybridized carbons (Fsp3) is 0.333. The van der Waals surface area contributed by atoms with Crippen LogP contribution >= 0.6 is 11.6 Å². The van der Waals surface area contributed by atoms with E-state index in [1.165, 1.54) is 6.07 Å². The third-order valence-electron chi connectivity index (χ3n) is 1.96. The van der Waals surface area contributed by atoms with Gasteiger partial charge in [-0.25, -0.2) is 0 Å². The summed E-state index contributed by atoms with van der Waals surface area (Å²) in [6.45, 7) is 0.161. The van der Waals surface area contributed by atoms with Gasteiger partial charge in [-0.15, -0.1) is 11.6 Å². The number of aromatic hydroxyl groups is 1. The van der Waals surface area contributed by atoms with Crippen LogP contribution in [0.25, 0.3) is 0 Å². The number of benzene rings is 1. The lowest BCUT2D eigenvalue weighted by Gasteiger charge is -2.11. The molecule has 0 amide bonds. The largest absolute Gasteiger partial charge is 0.506 e. The van der Waals surface area contributed by atoms with Crippen molar-refractivity contribution in [2.24, 2.45) is 0 Å². The molecule has 1 atom stereocenters. The number of anilines is 1. The number of rotatable bonds is 5. The number of phenolic OH excluding ortho intramolecular Hbond substituents is 1. The summed E-state index contributed by atoms with van der Waals surface area (Å²) >= 11 is 5.38. The van der Waals surface area contributed by atoms with Gasteiger partial charge in [-0.05, 0) is 12.1 Å². The minimum Gasteiger partial charge on any atom is -0.506 e. The van der Waals surface area contributed by atoms with Gasteiger partial charge in [-0.2, -0.15) is 8.42 Å². The summed E-state index contributed by atoms with van der Waals surface area (Å²) in [5, 5.41) is 21.3. The second-order valence-corrected chi connectivity index (χ2v) is 5.05. The highest BCUT2D eigenvalue weighted by atomic mass is 35.5. The molecule has 0 aliphatic carbocycles. The molecule has 0 aromatic heterocycles. The summed E-state index contributed by atoms with van der Waals surface area (Å²) in [4.78, 5) is -0.569. The average Bonchev–Trinajstić information content (AvgIpc) is 2.24. The Kier molecular flexibility index (Phi) is 4.58. The van der Waals surface area contributed by atoms with E-state index >= 15 is 0 Å². The van der Waals surface area contributed by atoms with E-state index in [-0.39, 0.29) is 12.4 Å². The van der Waals surface area contributed by atoms with Crippen LogP contribution in [-0.2, 0) is 10.1 Å². The maximum atomic E-state index is 10.8. The van der Waals surface area contributed by atoms with Crippen LogP contribution in [0.3, 0.4) is 0 Å². The molecule has 17 heavy (non-hydrogen) atoms. The second-order valence-electron chi connectivity index (χ2n) is 3.35. The van der Waals surface area contributed by atoms with Crippen molar-refractivity contribution in [2.45, 2.75) is 11.0 Å². The Bertz CT molecular complexity index is 490. The third kappa shape index (κ3) is 4.04. The molecule has 0 saturated carbocycles. The molecule has 0 spiro atoms. The van der Waals surface area contributed by atoms with Crippen LogP contribution in [0.4, 0.5) is 5.69 Å². The van der Waals surface area contributed by atoms with Gasteiger partial charge < -0.3 is 15.5 Å². The van der Waals surface area contributed by atoms with Crippen LogP contribution in [-0.4, -0.2) is 41.7 Å². The Morgan fingerprint density at radius 3 is 2.53 bits per heavy atom. The fourth-order valence-corrected chi connectivity index (χ4v) is 1.81. The summed E-state index contributed by atoms with van der Waals surface area (Å²) in [5.74, 6) is -0.514. The summed E-state index contributed by atoms with van der Waals surface area (Å²) in [7, 11) is -4.43. The van der Waals surface area contributed by atoms with Crippen LogP contribution in [0.1, 0.15) is 0 Å². The first kappa shape index (κ1) is 14.0. The summed E-state index contributed by atoms with van der Waals surface area (Å²) < 4.78 is 30.3. The first-order chi connectivity index (χ1) is 7.84. The molecule has 0 saturated heterocycles. The second kappa shape index (κ2) is 5.54. The highest BCUT2D eigenvalue weighted by molar-refractivity contribution is 7.86. The first-order valence-electron chi connectivity index (χ1n) is 4.63. The van der Waals surface area contributed by atoms with Crippen molar-refractivity contribution in [1.82, 2.24) is 0 Å². The number of hydrogen-bond acceptors (Lipinski definition) is 5. The minimum atomic E-state index is -4.43. The zero-order valence-electron chi connectivity index (χ0n) is 8.67. The Balaban J connectivity index is 2.83. The maximum absolute atomic E-state index is 10.8. The number of aliphatic hydroxyl groups is 1. The SMILES string of the molecule is O=S(=O)(O)c1ccc(NCC(O)CCl)cc1O. The van der Waals surface area contributed by atoms with Crippen LogP contribution in [0.5, 0.6) is 5.75 Å². The maximum Gasteiger partial charge on any atom is 0.298 e. The molecule has 0 aliphatic heterocycles. The lowest BCUT2D eigenvalue weighted by molar-refractivity contribution is 0.211. The average molecular weight is 282 g/mol. The topological polar surface area (TPSA) is 107 Å². The standard InChI is InChI=1S/C9H12ClNO5S/c10-4-7(12)5-11-6-1-2-9(8(13)3-6)17(14,15)16/h1-3,7,11-13H,4-5H2,(H,14,15,16). The van der Waals surface area contributed by atoms with Crippen molar-refractivity contribution in [3.8, 4) is 5.75 Å². The van der Waals surface area contributed by atoms with E-state index in [0.29, 0.717) is 5.69 Å². The van der Waals surface area contributed by atoms with Gasteiger partial charge in [0, 0.05) is 18.3 Å². The molecule has 0 aliphatic rings. The van der Waals surface area contributed by atoms with Gasteiger partial charge >= 0.3 is 0 Å². The molecule has 96 valence electrons. The van der Waals surface area contributed by atoms with Gasteiger partial charge in [0.1, 0.15) is 10.6 Å². The molecule has 4 N–H and O–H groups in total.